The molecule has 124 valence electrons. The molecule has 0 aliphatic rings. The number of hydrogen-bond acceptors (Lipinski definition) is 5. The number of rotatable bonds is 3. The van der Waals surface area contributed by atoms with E-state index in [4.69, 9.17) is 4.42 Å². The summed E-state index contributed by atoms with van der Waals surface area (Å²) < 4.78 is 6.88. The first-order valence-electron chi connectivity index (χ1n) is 7.75. The molecule has 0 bridgehead atoms. The quantitative estimate of drug-likeness (QED) is 0.622. The van der Waals surface area contributed by atoms with Gasteiger partial charge in [-0.05, 0) is 49.7 Å². The Morgan fingerprint density at radius 3 is 2.76 bits per heavy atom. The van der Waals surface area contributed by atoms with Crippen LogP contribution in [-0.2, 0) is 0 Å². The lowest BCUT2D eigenvalue weighted by atomic mass is 10.2. The van der Waals surface area contributed by atoms with Crippen LogP contribution in [0.5, 0.6) is 0 Å². The van der Waals surface area contributed by atoms with E-state index in [2.05, 4.69) is 20.4 Å². The number of aryl methyl sites for hydroxylation is 2. The number of imidazole rings is 1. The number of fused-ring (bicyclic) bond motifs is 1. The molecule has 0 spiro atoms. The fourth-order valence-corrected chi connectivity index (χ4v) is 2.67. The standard InChI is InChI=1S/C18H15N5O2/c1-11-8-12(2)22-23-14(10-20-17(11)23)18(24)21-16-6-5-13(9-19-16)15-4-3-7-25-15/h3-10H,1-2H3,(H,19,21,24). The van der Waals surface area contributed by atoms with Gasteiger partial charge in [0.15, 0.2) is 11.3 Å². The van der Waals surface area contributed by atoms with E-state index < -0.39 is 0 Å². The van der Waals surface area contributed by atoms with Crippen molar-refractivity contribution in [2.45, 2.75) is 13.8 Å². The predicted molar refractivity (Wildman–Crippen MR) is 92.4 cm³/mol. The maximum absolute atomic E-state index is 12.6. The summed E-state index contributed by atoms with van der Waals surface area (Å²) in [6, 6.07) is 9.15. The molecular formula is C18H15N5O2. The van der Waals surface area contributed by atoms with Crippen LogP contribution in [0.3, 0.4) is 0 Å². The fraction of sp³-hybridized carbons (Fsp3) is 0.111. The smallest absolute Gasteiger partial charge is 0.277 e. The number of nitrogens with one attached hydrogen (secondary N) is 1. The third kappa shape index (κ3) is 2.76. The Morgan fingerprint density at radius 2 is 2.04 bits per heavy atom. The summed E-state index contributed by atoms with van der Waals surface area (Å²) in [6.45, 7) is 3.82. The molecule has 0 unspecified atom stereocenters. The van der Waals surface area contributed by atoms with Gasteiger partial charge in [0.2, 0.25) is 0 Å². The molecule has 7 nitrogen and oxygen atoms in total. The summed E-state index contributed by atoms with van der Waals surface area (Å²) in [5, 5.41) is 7.13. The van der Waals surface area contributed by atoms with Gasteiger partial charge < -0.3 is 9.73 Å². The molecule has 4 rings (SSSR count). The van der Waals surface area contributed by atoms with E-state index in [0.29, 0.717) is 17.2 Å². The van der Waals surface area contributed by atoms with Crippen molar-refractivity contribution in [1.29, 1.82) is 0 Å². The van der Waals surface area contributed by atoms with Crippen LogP contribution in [0, 0.1) is 13.8 Å². The van der Waals surface area contributed by atoms with Crippen LogP contribution in [0.4, 0.5) is 5.82 Å². The normalized spacial score (nSPS) is 11.0. The molecule has 4 heterocycles. The van der Waals surface area contributed by atoms with Crippen molar-refractivity contribution >= 4 is 17.4 Å². The summed E-state index contributed by atoms with van der Waals surface area (Å²) >= 11 is 0. The first-order chi connectivity index (χ1) is 12.1. The molecule has 1 N–H and O–H groups in total. The zero-order chi connectivity index (χ0) is 17.4. The van der Waals surface area contributed by atoms with E-state index in [0.717, 1.165) is 22.6 Å². The molecule has 0 fully saturated rings. The maximum atomic E-state index is 12.6. The van der Waals surface area contributed by atoms with Gasteiger partial charge in [0.25, 0.3) is 5.91 Å². The monoisotopic (exact) mass is 333 g/mol. The Balaban J connectivity index is 1.60. The molecule has 0 atom stereocenters. The Hall–Kier alpha value is -3.48. The minimum atomic E-state index is -0.316. The van der Waals surface area contributed by atoms with Gasteiger partial charge in [-0.2, -0.15) is 5.10 Å². The van der Waals surface area contributed by atoms with Crippen molar-refractivity contribution in [3.05, 3.63) is 65.9 Å². The van der Waals surface area contributed by atoms with E-state index >= 15 is 0 Å². The lowest BCUT2D eigenvalue weighted by Gasteiger charge is -2.06. The molecule has 4 aromatic heterocycles. The lowest BCUT2D eigenvalue weighted by Crippen LogP contribution is -2.16. The van der Waals surface area contributed by atoms with Crippen LogP contribution < -0.4 is 5.32 Å². The van der Waals surface area contributed by atoms with Crippen LogP contribution in [-0.4, -0.2) is 25.5 Å². The predicted octanol–water partition coefficient (Wildman–Crippen LogP) is 3.25. The molecule has 0 radical (unpaired) electrons. The van der Waals surface area contributed by atoms with Gasteiger partial charge in [-0.25, -0.2) is 14.5 Å². The number of aromatic nitrogens is 4. The second-order valence-corrected chi connectivity index (χ2v) is 5.71. The van der Waals surface area contributed by atoms with Gasteiger partial charge in [-0.15, -0.1) is 0 Å². The first kappa shape index (κ1) is 15.1. The van der Waals surface area contributed by atoms with Gasteiger partial charge >= 0.3 is 0 Å². The molecule has 4 aromatic rings. The SMILES string of the molecule is Cc1cc(C)c2ncc(C(=O)Nc3ccc(-c4ccco4)cn3)n2n1. The van der Waals surface area contributed by atoms with Gasteiger partial charge in [-0.3, -0.25) is 4.79 Å². The van der Waals surface area contributed by atoms with Crippen molar-refractivity contribution in [3.8, 4) is 11.3 Å². The molecular weight excluding hydrogens is 318 g/mol. The molecule has 7 heteroatoms. The average Bonchev–Trinajstić information content (AvgIpc) is 3.25. The third-order valence-electron chi connectivity index (χ3n) is 3.82. The van der Waals surface area contributed by atoms with Crippen LogP contribution in [0.2, 0.25) is 0 Å². The summed E-state index contributed by atoms with van der Waals surface area (Å²) in [7, 11) is 0. The molecule has 1 amide bonds. The molecule has 0 aromatic carbocycles. The molecule has 0 aliphatic heterocycles. The highest BCUT2D eigenvalue weighted by atomic mass is 16.3. The summed E-state index contributed by atoms with van der Waals surface area (Å²) in [6.07, 6.45) is 4.77. The highest BCUT2D eigenvalue weighted by molar-refractivity contribution is 6.02. The van der Waals surface area contributed by atoms with Crippen LogP contribution in [0.25, 0.3) is 17.0 Å². The number of carbonyl (C=O) groups excluding carboxylic acids is 1. The molecule has 25 heavy (non-hydrogen) atoms. The number of anilines is 1. The second-order valence-electron chi connectivity index (χ2n) is 5.71. The van der Waals surface area contributed by atoms with Crippen LogP contribution >= 0.6 is 0 Å². The first-order valence-corrected chi connectivity index (χ1v) is 7.75. The Kier molecular flexibility index (Phi) is 3.53. The van der Waals surface area contributed by atoms with Crippen molar-refractivity contribution in [2.75, 3.05) is 5.32 Å². The second kappa shape index (κ2) is 5.86. The highest BCUT2D eigenvalue weighted by Gasteiger charge is 2.15. The zero-order valence-corrected chi connectivity index (χ0v) is 13.7. The van der Waals surface area contributed by atoms with Crippen LogP contribution in [0.15, 0.2) is 53.4 Å². The van der Waals surface area contributed by atoms with E-state index in [9.17, 15) is 4.79 Å². The zero-order valence-electron chi connectivity index (χ0n) is 13.7. The molecule has 0 saturated carbocycles. The fourth-order valence-electron chi connectivity index (χ4n) is 2.67. The maximum Gasteiger partial charge on any atom is 0.277 e. The Morgan fingerprint density at radius 1 is 1.16 bits per heavy atom. The van der Waals surface area contributed by atoms with E-state index in [1.165, 1.54) is 6.20 Å². The number of furan rings is 1. The van der Waals surface area contributed by atoms with Gasteiger partial charge in [0, 0.05) is 11.8 Å². The summed E-state index contributed by atoms with van der Waals surface area (Å²) in [4.78, 5) is 21.1. The third-order valence-corrected chi connectivity index (χ3v) is 3.82. The van der Waals surface area contributed by atoms with Crippen molar-refractivity contribution in [2.24, 2.45) is 0 Å². The summed E-state index contributed by atoms with van der Waals surface area (Å²) in [5.41, 5.74) is 3.65. The Bertz CT molecular complexity index is 1050. The Labute approximate surface area is 143 Å². The molecule has 0 saturated heterocycles. The van der Waals surface area contributed by atoms with Crippen LogP contribution in [0.1, 0.15) is 21.7 Å². The van der Waals surface area contributed by atoms with E-state index in [-0.39, 0.29) is 5.91 Å². The highest BCUT2D eigenvalue weighted by Crippen LogP contribution is 2.20. The summed E-state index contributed by atoms with van der Waals surface area (Å²) in [5.74, 6) is 0.852. The largest absolute Gasteiger partial charge is 0.464 e. The number of pyridine rings is 1. The van der Waals surface area contributed by atoms with Gasteiger partial charge in [0.05, 0.1) is 18.2 Å². The van der Waals surface area contributed by atoms with E-state index in [1.54, 1.807) is 23.0 Å². The van der Waals surface area contributed by atoms with Crippen molar-refractivity contribution in [1.82, 2.24) is 19.6 Å². The number of hydrogen-bond donors (Lipinski definition) is 1. The molecule has 0 aliphatic carbocycles. The number of carbonyl (C=O) groups is 1. The minimum Gasteiger partial charge on any atom is -0.464 e. The van der Waals surface area contributed by atoms with Gasteiger partial charge in [0.1, 0.15) is 11.6 Å². The van der Waals surface area contributed by atoms with Crippen molar-refractivity contribution in [3.63, 3.8) is 0 Å². The minimum absolute atomic E-state index is 0.316. The number of amides is 1. The number of nitrogens with zero attached hydrogens (tertiary/aromatic N) is 4. The average molecular weight is 333 g/mol. The van der Waals surface area contributed by atoms with Gasteiger partial charge in [-0.1, -0.05) is 0 Å². The van der Waals surface area contributed by atoms with Crippen molar-refractivity contribution < 1.29 is 9.21 Å². The topological polar surface area (TPSA) is 85.3 Å². The van der Waals surface area contributed by atoms with E-state index in [1.807, 2.05) is 38.1 Å². The lowest BCUT2D eigenvalue weighted by molar-refractivity contribution is 0.102.